The molecule has 8 heteroatoms. The van der Waals surface area contributed by atoms with E-state index in [9.17, 15) is 9.59 Å². The molecule has 0 atom stereocenters. The zero-order valence-electron chi connectivity index (χ0n) is 9.42. The second-order valence-electron chi connectivity index (χ2n) is 3.80. The Morgan fingerprint density at radius 3 is 2.24 bits per heavy atom. The number of nitrogens with two attached hydrogens (primary N) is 1. The molecule has 2 rings (SSSR count). The van der Waals surface area contributed by atoms with E-state index in [1.807, 2.05) is 0 Å². The molecule has 0 radical (unpaired) electrons. The van der Waals surface area contributed by atoms with Gasteiger partial charge in [-0.05, 0) is 10.3 Å². The molecule has 92 valence electrons. The van der Waals surface area contributed by atoms with Gasteiger partial charge in [0.15, 0.2) is 0 Å². The van der Waals surface area contributed by atoms with Crippen molar-refractivity contribution in [3.63, 3.8) is 0 Å². The Morgan fingerprint density at radius 2 is 1.76 bits per heavy atom. The first-order valence-corrected chi connectivity index (χ1v) is 5.22. The molecular formula is C9H13N5O3. The molecule has 2 N–H and O–H groups in total. The summed E-state index contributed by atoms with van der Waals surface area (Å²) in [7, 11) is 0. The van der Waals surface area contributed by atoms with Crippen LogP contribution in [0.4, 0.5) is 5.82 Å². The van der Waals surface area contributed by atoms with Crippen molar-refractivity contribution >= 4 is 17.6 Å². The number of piperazine rings is 1. The third-order valence-electron chi connectivity index (χ3n) is 2.73. The van der Waals surface area contributed by atoms with Gasteiger partial charge in [-0.15, -0.1) is 0 Å². The van der Waals surface area contributed by atoms with Crippen LogP contribution in [0, 0.1) is 0 Å². The zero-order valence-corrected chi connectivity index (χ0v) is 9.42. The monoisotopic (exact) mass is 239 g/mol. The van der Waals surface area contributed by atoms with E-state index >= 15 is 0 Å². The van der Waals surface area contributed by atoms with Crippen LogP contribution in [0.25, 0.3) is 0 Å². The van der Waals surface area contributed by atoms with E-state index in [1.165, 1.54) is 6.92 Å². The lowest BCUT2D eigenvalue weighted by atomic mass is 10.2. The Hall–Kier alpha value is -2.12. The Balaban J connectivity index is 2.00. The smallest absolute Gasteiger partial charge is 0.280 e. The molecule has 0 bridgehead atoms. The Bertz CT molecular complexity index is 436. The van der Waals surface area contributed by atoms with Crippen molar-refractivity contribution < 1.29 is 14.2 Å². The predicted molar refractivity (Wildman–Crippen MR) is 56.9 cm³/mol. The van der Waals surface area contributed by atoms with Gasteiger partial charge in [0.1, 0.15) is 0 Å². The van der Waals surface area contributed by atoms with Crippen molar-refractivity contribution in [1.82, 2.24) is 20.1 Å². The van der Waals surface area contributed by atoms with Crippen molar-refractivity contribution in [2.75, 3.05) is 31.9 Å². The first kappa shape index (κ1) is 11.4. The molecule has 0 aromatic carbocycles. The average Bonchev–Trinajstić information content (AvgIpc) is 2.74. The topological polar surface area (TPSA) is 106 Å². The van der Waals surface area contributed by atoms with Crippen LogP contribution in [0.5, 0.6) is 0 Å². The van der Waals surface area contributed by atoms with Gasteiger partial charge in [-0.2, -0.15) is 0 Å². The molecule has 0 saturated carbocycles. The van der Waals surface area contributed by atoms with Crippen LogP contribution in [0.15, 0.2) is 4.63 Å². The number of carbonyl (C=O) groups excluding carboxylic acids is 2. The summed E-state index contributed by atoms with van der Waals surface area (Å²) in [5.41, 5.74) is 5.47. The van der Waals surface area contributed by atoms with Gasteiger partial charge in [-0.3, -0.25) is 9.59 Å². The highest BCUT2D eigenvalue weighted by atomic mass is 16.6. The molecule has 1 aliphatic rings. The second-order valence-corrected chi connectivity index (χ2v) is 3.80. The summed E-state index contributed by atoms with van der Waals surface area (Å²) in [5.74, 6) is -0.310. The van der Waals surface area contributed by atoms with Gasteiger partial charge in [0.05, 0.1) is 0 Å². The molecule has 1 fully saturated rings. The van der Waals surface area contributed by atoms with Gasteiger partial charge in [0.25, 0.3) is 5.91 Å². The molecule has 0 aliphatic carbocycles. The highest BCUT2D eigenvalue weighted by molar-refractivity contribution is 5.96. The molecule has 0 unspecified atom stereocenters. The molecule has 1 aliphatic heterocycles. The number of aromatic nitrogens is 2. The van der Waals surface area contributed by atoms with Crippen molar-refractivity contribution in [2.45, 2.75) is 6.92 Å². The van der Waals surface area contributed by atoms with Crippen LogP contribution < -0.4 is 5.73 Å². The third kappa shape index (κ3) is 2.19. The van der Waals surface area contributed by atoms with Crippen molar-refractivity contribution in [3.8, 4) is 0 Å². The first-order chi connectivity index (χ1) is 8.09. The van der Waals surface area contributed by atoms with Gasteiger partial charge < -0.3 is 15.5 Å². The molecule has 1 aromatic rings. The van der Waals surface area contributed by atoms with Crippen molar-refractivity contribution in [3.05, 3.63) is 5.69 Å². The zero-order chi connectivity index (χ0) is 12.4. The lowest BCUT2D eigenvalue weighted by Crippen LogP contribution is -2.50. The van der Waals surface area contributed by atoms with Crippen LogP contribution in [-0.4, -0.2) is 58.1 Å². The molecule has 2 heterocycles. The fourth-order valence-corrected chi connectivity index (χ4v) is 1.72. The minimum Gasteiger partial charge on any atom is -0.379 e. The number of nitrogens with zero attached hydrogens (tertiary/aromatic N) is 4. The minimum absolute atomic E-state index is 0.0102. The van der Waals surface area contributed by atoms with Gasteiger partial charge in [-0.1, -0.05) is 0 Å². The predicted octanol–water partition coefficient (Wildman–Crippen LogP) is -1.04. The minimum atomic E-state index is -0.313. The maximum absolute atomic E-state index is 11.9. The number of carbonyl (C=O) groups is 2. The second kappa shape index (κ2) is 4.40. The van der Waals surface area contributed by atoms with Crippen LogP contribution in [0.3, 0.4) is 0 Å². The SMILES string of the molecule is CC(=O)N1CCN(C(=O)c2nonc2N)CC1. The number of hydrogen-bond acceptors (Lipinski definition) is 6. The van der Waals surface area contributed by atoms with E-state index < -0.39 is 0 Å². The van der Waals surface area contributed by atoms with Gasteiger partial charge in [-0.25, -0.2) is 4.63 Å². The standard InChI is InChI=1S/C9H13N5O3/c1-6(15)13-2-4-14(5-3-13)9(16)7-8(10)12-17-11-7/h2-5H2,1H3,(H2,10,12). The summed E-state index contributed by atoms with van der Waals surface area (Å²) in [5, 5.41) is 6.82. The molecule has 1 saturated heterocycles. The van der Waals surface area contributed by atoms with E-state index in [-0.39, 0.29) is 23.3 Å². The van der Waals surface area contributed by atoms with Crippen LogP contribution in [0.1, 0.15) is 17.4 Å². The van der Waals surface area contributed by atoms with Gasteiger partial charge >= 0.3 is 0 Å². The van der Waals surface area contributed by atoms with Crippen LogP contribution in [-0.2, 0) is 4.79 Å². The van der Waals surface area contributed by atoms with Crippen molar-refractivity contribution in [2.24, 2.45) is 0 Å². The summed E-state index contributed by atoms with van der Waals surface area (Å²) < 4.78 is 4.38. The van der Waals surface area contributed by atoms with E-state index in [2.05, 4.69) is 14.9 Å². The Morgan fingerprint density at radius 1 is 1.18 bits per heavy atom. The highest BCUT2D eigenvalue weighted by Crippen LogP contribution is 2.11. The van der Waals surface area contributed by atoms with Gasteiger partial charge in [0, 0.05) is 33.1 Å². The maximum atomic E-state index is 11.9. The summed E-state index contributed by atoms with van der Waals surface area (Å²) in [6, 6.07) is 0. The summed E-state index contributed by atoms with van der Waals surface area (Å²) in [6.45, 7) is 3.48. The molecule has 17 heavy (non-hydrogen) atoms. The molecule has 2 amide bonds. The number of amides is 2. The van der Waals surface area contributed by atoms with E-state index in [0.29, 0.717) is 26.2 Å². The third-order valence-corrected chi connectivity index (χ3v) is 2.73. The number of nitrogen functional groups attached to an aromatic ring is 1. The number of anilines is 1. The van der Waals surface area contributed by atoms with E-state index in [0.717, 1.165) is 0 Å². The summed E-state index contributed by atoms with van der Waals surface area (Å²) in [4.78, 5) is 26.3. The fraction of sp³-hybridized carbons (Fsp3) is 0.556. The summed E-state index contributed by atoms with van der Waals surface area (Å²) in [6.07, 6.45) is 0. The number of rotatable bonds is 1. The van der Waals surface area contributed by atoms with Crippen molar-refractivity contribution in [1.29, 1.82) is 0 Å². The Kier molecular flexibility index (Phi) is 2.94. The first-order valence-electron chi connectivity index (χ1n) is 5.22. The fourth-order valence-electron chi connectivity index (χ4n) is 1.72. The van der Waals surface area contributed by atoms with E-state index in [4.69, 9.17) is 5.73 Å². The lowest BCUT2D eigenvalue weighted by molar-refractivity contribution is -0.130. The lowest BCUT2D eigenvalue weighted by Gasteiger charge is -2.33. The maximum Gasteiger partial charge on any atom is 0.280 e. The average molecular weight is 239 g/mol. The Labute approximate surface area is 97.3 Å². The van der Waals surface area contributed by atoms with E-state index in [1.54, 1.807) is 9.80 Å². The molecule has 8 nitrogen and oxygen atoms in total. The molecule has 1 aromatic heterocycles. The number of hydrogen-bond donors (Lipinski definition) is 1. The normalized spacial score (nSPS) is 16.1. The van der Waals surface area contributed by atoms with Crippen LogP contribution in [0.2, 0.25) is 0 Å². The van der Waals surface area contributed by atoms with Gasteiger partial charge in [0.2, 0.25) is 17.4 Å². The quantitative estimate of drug-likeness (QED) is 0.670. The molecular weight excluding hydrogens is 226 g/mol. The summed E-state index contributed by atoms with van der Waals surface area (Å²) >= 11 is 0. The largest absolute Gasteiger partial charge is 0.379 e. The highest BCUT2D eigenvalue weighted by Gasteiger charge is 2.26. The molecule has 0 spiro atoms. The van der Waals surface area contributed by atoms with Crippen LogP contribution >= 0.6 is 0 Å².